The number of amides is 1. The molecule has 2 aromatic carbocycles. The number of alkyl halides is 3. The van der Waals surface area contributed by atoms with Crippen LogP contribution in [-0.2, 0) is 21.8 Å². The molecular weight excluding hydrogens is 544 g/mol. The standard InChI is InChI=1S/C22H25BN2O6S.C2HF3O2/c24-17(13-32-12-14-4-2-1-3-5-14)21(26)25-10-16(11-25)30-18-7-6-15-8-9-23(29)31-20(15)19(18)22(27)28;3-2(4,5)1(6)7/h1-7,16-17,29H,8-13,24H2,(H,27,28);(H,6,7)/t17-;/m1./s1. The smallest absolute Gasteiger partial charge is 0.522 e. The number of hydrogen-bond acceptors (Lipinski definition) is 8. The van der Waals surface area contributed by atoms with Gasteiger partial charge < -0.3 is 35.3 Å². The molecule has 210 valence electrons. The molecule has 2 aliphatic heterocycles. The van der Waals surface area contributed by atoms with Crippen LogP contribution in [-0.4, -0.2) is 82.3 Å². The van der Waals surface area contributed by atoms with Crippen molar-refractivity contribution in [1.29, 1.82) is 0 Å². The van der Waals surface area contributed by atoms with Crippen molar-refractivity contribution in [2.75, 3.05) is 18.8 Å². The molecule has 4 rings (SSSR count). The minimum Gasteiger partial charge on any atom is -0.535 e. The molecule has 5 N–H and O–H groups in total. The van der Waals surface area contributed by atoms with E-state index in [4.69, 9.17) is 25.0 Å². The fraction of sp³-hybridized carbons (Fsp3) is 0.375. The van der Waals surface area contributed by atoms with Gasteiger partial charge in [0.25, 0.3) is 0 Å². The van der Waals surface area contributed by atoms with Crippen LogP contribution in [0.5, 0.6) is 11.5 Å². The van der Waals surface area contributed by atoms with E-state index in [1.165, 1.54) is 5.56 Å². The van der Waals surface area contributed by atoms with Gasteiger partial charge in [0, 0.05) is 11.5 Å². The van der Waals surface area contributed by atoms with Crippen molar-refractivity contribution in [2.45, 2.75) is 36.8 Å². The number of nitrogens with two attached hydrogens (primary N) is 1. The monoisotopic (exact) mass is 570 g/mol. The summed E-state index contributed by atoms with van der Waals surface area (Å²) in [5.74, 6) is -2.45. The Labute approximate surface area is 226 Å². The fourth-order valence-electron chi connectivity index (χ4n) is 3.77. The molecule has 1 fully saturated rings. The van der Waals surface area contributed by atoms with Crippen molar-refractivity contribution in [3.8, 4) is 11.5 Å². The van der Waals surface area contributed by atoms with E-state index in [1.807, 2.05) is 30.3 Å². The number of halogens is 3. The minimum absolute atomic E-state index is 0.0972. The van der Waals surface area contributed by atoms with Crippen LogP contribution in [0.2, 0.25) is 6.32 Å². The molecule has 2 heterocycles. The molecule has 2 aromatic rings. The fourth-order valence-corrected chi connectivity index (χ4v) is 4.71. The van der Waals surface area contributed by atoms with Gasteiger partial charge in [-0.3, -0.25) is 4.79 Å². The summed E-state index contributed by atoms with van der Waals surface area (Å²) in [4.78, 5) is 34.9. The number of likely N-dealkylation sites (tertiary alicyclic amines) is 1. The van der Waals surface area contributed by atoms with Crippen LogP contribution < -0.4 is 15.1 Å². The molecule has 1 amide bonds. The Morgan fingerprint density at radius 1 is 1.15 bits per heavy atom. The quantitative estimate of drug-likeness (QED) is 0.347. The van der Waals surface area contributed by atoms with Gasteiger partial charge in [-0.25, -0.2) is 9.59 Å². The molecule has 10 nitrogen and oxygen atoms in total. The van der Waals surface area contributed by atoms with Crippen LogP contribution in [0.3, 0.4) is 0 Å². The summed E-state index contributed by atoms with van der Waals surface area (Å²) < 4.78 is 43.0. The summed E-state index contributed by atoms with van der Waals surface area (Å²) in [6.45, 7) is 0.686. The maximum absolute atomic E-state index is 12.6. The lowest BCUT2D eigenvalue weighted by molar-refractivity contribution is -0.192. The zero-order chi connectivity index (χ0) is 28.7. The number of fused-ring (bicyclic) bond motifs is 1. The Kier molecular flexibility index (Phi) is 10.1. The maximum atomic E-state index is 12.6. The molecule has 0 bridgehead atoms. The lowest BCUT2D eigenvalue weighted by Crippen LogP contribution is -2.60. The van der Waals surface area contributed by atoms with E-state index in [9.17, 15) is 32.9 Å². The first-order chi connectivity index (χ1) is 18.4. The number of benzene rings is 2. The molecule has 39 heavy (non-hydrogen) atoms. The number of carbonyl (C=O) groups is 3. The van der Waals surface area contributed by atoms with Crippen molar-refractivity contribution in [3.63, 3.8) is 0 Å². The van der Waals surface area contributed by atoms with E-state index in [0.717, 1.165) is 11.3 Å². The Morgan fingerprint density at radius 3 is 2.38 bits per heavy atom. The van der Waals surface area contributed by atoms with Gasteiger partial charge in [-0.15, -0.1) is 0 Å². The average Bonchev–Trinajstić information content (AvgIpc) is 2.85. The molecular formula is C24H26BF3N2O8S. The van der Waals surface area contributed by atoms with Crippen LogP contribution >= 0.6 is 11.8 Å². The summed E-state index contributed by atoms with van der Waals surface area (Å²) in [5, 5.41) is 26.5. The zero-order valence-electron chi connectivity index (χ0n) is 20.5. The lowest BCUT2D eigenvalue weighted by atomic mass is 9.78. The van der Waals surface area contributed by atoms with Crippen molar-refractivity contribution < 1.29 is 52.2 Å². The molecule has 1 saturated heterocycles. The number of aryl methyl sites for hydroxylation is 1. The number of aliphatic carboxylic acids is 1. The summed E-state index contributed by atoms with van der Waals surface area (Å²) in [6, 6.07) is 12.8. The van der Waals surface area contributed by atoms with Crippen LogP contribution in [0, 0.1) is 0 Å². The second-order valence-electron chi connectivity index (χ2n) is 8.74. The van der Waals surface area contributed by atoms with Crippen molar-refractivity contribution >= 4 is 36.7 Å². The largest absolute Gasteiger partial charge is 0.535 e. The van der Waals surface area contributed by atoms with Gasteiger partial charge >= 0.3 is 25.2 Å². The first-order valence-electron chi connectivity index (χ1n) is 11.7. The van der Waals surface area contributed by atoms with Crippen LogP contribution in [0.4, 0.5) is 13.2 Å². The highest BCUT2D eigenvalue weighted by Gasteiger charge is 2.38. The Bertz CT molecular complexity index is 1180. The third kappa shape index (κ3) is 8.28. The third-order valence-corrected chi connectivity index (χ3v) is 6.88. The highest BCUT2D eigenvalue weighted by molar-refractivity contribution is 7.98. The first-order valence-corrected chi connectivity index (χ1v) is 12.9. The van der Waals surface area contributed by atoms with Crippen LogP contribution in [0.1, 0.15) is 21.5 Å². The highest BCUT2D eigenvalue weighted by Crippen LogP contribution is 2.37. The predicted octanol–water partition coefficient (Wildman–Crippen LogP) is 2.28. The summed E-state index contributed by atoms with van der Waals surface area (Å²) in [5.41, 5.74) is 7.89. The van der Waals surface area contributed by atoms with Crippen LogP contribution in [0.25, 0.3) is 0 Å². The third-order valence-electron chi connectivity index (χ3n) is 5.75. The topological polar surface area (TPSA) is 160 Å². The molecule has 2 aliphatic rings. The SMILES string of the molecule is N[C@H](CSCc1ccccc1)C(=O)N1CC(Oc2ccc3c(c2C(=O)O)OB(O)CC3)C1.O=C(O)C(F)(F)F. The highest BCUT2D eigenvalue weighted by atomic mass is 32.2. The van der Waals surface area contributed by atoms with E-state index in [1.54, 1.807) is 28.8 Å². The molecule has 0 unspecified atom stereocenters. The molecule has 0 saturated carbocycles. The van der Waals surface area contributed by atoms with E-state index in [-0.39, 0.29) is 29.1 Å². The molecule has 0 aromatic heterocycles. The van der Waals surface area contributed by atoms with Crippen molar-refractivity contribution in [2.24, 2.45) is 5.73 Å². The summed E-state index contributed by atoms with van der Waals surface area (Å²) in [7, 11) is -1.03. The summed E-state index contributed by atoms with van der Waals surface area (Å²) in [6.07, 6.45) is -4.47. The molecule has 0 radical (unpaired) electrons. The van der Waals surface area contributed by atoms with Gasteiger partial charge in [-0.2, -0.15) is 24.9 Å². The number of carbonyl (C=O) groups excluding carboxylic acids is 1. The van der Waals surface area contributed by atoms with Gasteiger partial charge in [-0.05, 0) is 29.9 Å². The number of carboxylic acids is 2. The van der Waals surface area contributed by atoms with Gasteiger partial charge in [0.1, 0.15) is 23.2 Å². The van der Waals surface area contributed by atoms with E-state index in [2.05, 4.69) is 0 Å². The molecule has 15 heteroatoms. The number of nitrogens with zero attached hydrogens (tertiary/aromatic N) is 1. The van der Waals surface area contributed by atoms with E-state index in [0.29, 0.717) is 31.6 Å². The predicted molar refractivity (Wildman–Crippen MR) is 136 cm³/mol. The minimum atomic E-state index is -5.08. The maximum Gasteiger partial charge on any atom is 0.522 e. The Balaban J connectivity index is 0.000000532. The van der Waals surface area contributed by atoms with Gasteiger partial charge in [0.05, 0.1) is 19.1 Å². The Morgan fingerprint density at radius 2 is 1.79 bits per heavy atom. The normalized spacial score (nSPS) is 15.6. The zero-order valence-corrected chi connectivity index (χ0v) is 21.3. The number of rotatable bonds is 8. The van der Waals surface area contributed by atoms with E-state index >= 15 is 0 Å². The molecule has 1 atom stereocenters. The Hall–Kier alpha value is -3.43. The lowest BCUT2D eigenvalue weighted by Gasteiger charge is -2.40. The average molecular weight is 570 g/mol. The molecule has 0 spiro atoms. The number of aromatic carboxylic acids is 1. The number of carboxylic acid groups (broad SMARTS) is 2. The molecule has 0 aliphatic carbocycles. The number of hydrogen-bond donors (Lipinski definition) is 4. The second-order valence-corrected chi connectivity index (χ2v) is 9.77. The van der Waals surface area contributed by atoms with Gasteiger partial charge in [0.2, 0.25) is 5.91 Å². The number of ether oxygens (including phenoxy) is 1. The second kappa shape index (κ2) is 13.1. The van der Waals surface area contributed by atoms with Crippen LogP contribution in [0.15, 0.2) is 42.5 Å². The first kappa shape index (κ1) is 30.1. The van der Waals surface area contributed by atoms with Gasteiger partial charge in [-0.1, -0.05) is 36.4 Å². The summed E-state index contributed by atoms with van der Waals surface area (Å²) >= 11 is 1.61. The number of thioether (sulfide) groups is 1. The van der Waals surface area contributed by atoms with Crippen molar-refractivity contribution in [3.05, 3.63) is 59.2 Å². The van der Waals surface area contributed by atoms with Gasteiger partial charge in [0.15, 0.2) is 0 Å². The van der Waals surface area contributed by atoms with Crippen molar-refractivity contribution in [1.82, 2.24) is 4.90 Å². The van der Waals surface area contributed by atoms with E-state index < -0.39 is 31.3 Å².